The molecule has 2 aliphatic carbocycles. The summed E-state index contributed by atoms with van der Waals surface area (Å²) in [5, 5.41) is 0. The molecule has 4 heteroatoms. The first-order valence-electron chi connectivity index (χ1n) is 9.12. The standard InChI is InChI=1S/C17H32N2OS/c1-2-17(9-5-3-4-6-10-17)18-11-13-19(14-12-18)21(20)15-16-7-8-16/h16H,2-15H2,1H3. The summed E-state index contributed by atoms with van der Waals surface area (Å²) in [4.78, 5) is 2.75. The maximum absolute atomic E-state index is 12.4. The lowest BCUT2D eigenvalue weighted by molar-refractivity contribution is 0.0374. The Labute approximate surface area is 133 Å². The summed E-state index contributed by atoms with van der Waals surface area (Å²) in [6, 6.07) is 0. The van der Waals surface area contributed by atoms with Gasteiger partial charge in [0.2, 0.25) is 0 Å². The van der Waals surface area contributed by atoms with Gasteiger partial charge < -0.3 is 4.55 Å². The van der Waals surface area contributed by atoms with E-state index in [9.17, 15) is 4.55 Å². The van der Waals surface area contributed by atoms with Crippen LogP contribution in [0.5, 0.6) is 0 Å². The summed E-state index contributed by atoms with van der Waals surface area (Å²) in [6.45, 7) is 6.67. The van der Waals surface area contributed by atoms with Gasteiger partial charge in [0.1, 0.15) is 5.75 Å². The molecule has 0 amide bonds. The fourth-order valence-corrected chi connectivity index (χ4v) is 5.76. The highest BCUT2D eigenvalue weighted by atomic mass is 32.2. The summed E-state index contributed by atoms with van der Waals surface area (Å²) in [5.41, 5.74) is 0.459. The molecule has 1 heterocycles. The second-order valence-electron chi connectivity index (χ2n) is 7.34. The second-order valence-corrected chi connectivity index (χ2v) is 8.83. The van der Waals surface area contributed by atoms with E-state index in [1.165, 1.54) is 57.8 Å². The van der Waals surface area contributed by atoms with Crippen molar-refractivity contribution in [1.82, 2.24) is 9.21 Å². The van der Waals surface area contributed by atoms with Gasteiger partial charge in [-0.25, -0.2) is 0 Å². The number of nitrogens with zero attached hydrogens (tertiary/aromatic N) is 2. The zero-order valence-corrected chi connectivity index (χ0v) is 14.5. The predicted molar refractivity (Wildman–Crippen MR) is 89.6 cm³/mol. The van der Waals surface area contributed by atoms with Crippen molar-refractivity contribution >= 4 is 11.4 Å². The maximum atomic E-state index is 12.4. The zero-order valence-electron chi connectivity index (χ0n) is 13.7. The minimum absolute atomic E-state index is 0.459. The lowest BCUT2D eigenvalue weighted by atomic mass is 9.85. The Balaban J connectivity index is 1.53. The average molecular weight is 313 g/mol. The summed E-state index contributed by atoms with van der Waals surface area (Å²) in [7, 11) is 0. The molecule has 2 saturated carbocycles. The molecule has 1 unspecified atom stereocenters. The van der Waals surface area contributed by atoms with Crippen LogP contribution in [0.2, 0.25) is 0 Å². The molecule has 3 nitrogen and oxygen atoms in total. The third-order valence-corrected chi connectivity index (χ3v) is 7.66. The quantitative estimate of drug-likeness (QED) is 0.577. The molecule has 0 aromatic heterocycles. The fourth-order valence-electron chi connectivity index (χ4n) is 4.24. The Bertz CT molecular complexity index is 319. The van der Waals surface area contributed by atoms with Crippen molar-refractivity contribution < 1.29 is 4.55 Å². The highest BCUT2D eigenvalue weighted by molar-refractivity contribution is 7.89. The number of hydrogen-bond acceptors (Lipinski definition) is 3. The molecule has 0 spiro atoms. The Morgan fingerprint density at radius 2 is 1.62 bits per heavy atom. The van der Waals surface area contributed by atoms with Crippen LogP contribution in [0, 0.1) is 5.92 Å². The molecule has 3 fully saturated rings. The van der Waals surface area contributed by atoms with E-state index in [1.807, 2.05) is 0 Å². The van der Waals surface area contributed by atoms with Gasteiger partial charge in [-0.3, -0.25) is 4.90 Å². The summed E-state index contributed by atoms with van der Waals surface area (Å²) >= 11 is -0.706. The van der Waals surface area contributed by atoms with Gasteiger partial charge in [-0.05, 0) is 32.1 Å². The van der Waals surface area contributed by atoms with Gasteiger partial charge in [-0.15, -0.1) is 4.31 Å². The normalized spacial score (nSPS) is 30.0. The van der Waals surface area contributed by atoms with E-state index in [-0.39, 0.29) is 0 Å². The molecule has 1 saturated heterocycles. The molecule has 0 aromatic rings. The Kier molecular flexibility index (Phi) is 5.52. The van der Waals surface area contributed by atoms with Gasteiger partial charge in [0.05, 0.1) is 13.1 Å². The molecular formula is C17H32N2OS. The molecule has 3 rings (SSSR count). The van der Waals surface area contributed by atoms with Crippen molar-refractivity contribution in [2.24, 2.45) is 5.92 Å². The molecule has 122 valence electrons. The highest BCUT2D eigenvalue weighted by Gasteiger charge is 2.39. The van der Waals surface area contributed by atoms with Gasteiger partial charge >= 0.3 is 0 Å². The van der Waals surface area contributed by atoms with Gasteiger partial charge in [0.25, 0.3) is 0 Å². The Hall–Kier alpha value is 0.230. The van der Waals surface area contributed by atoms with E-state index < -0.39 is 11.4 Å². The van der Waals surface area contributed by atoms with Crippen molar-refractivity contribution in [3.8, 4) is 0 Å². The largest absolute Gasteiger partial charge is 0.598 e. The van der Waals surface area contributed by atoms with Gasteiger partial charge in [-0.2, -0.15) is 0 Å². The minimum Gasteiger partial charge on any atom is -0.598 e. The summed E-state index contributed by atoms with van der Waals surface area (Å²) < 4.78 is 14.6. The zero-order chi connectivity index (χ0) is 14.7. The molecule has 1 atom stereocenters. The van der Waals surface area contributed by atoms with Crippen LogP contribution in [-0.4, -0.2) is 51.2 Å². The van der Waals surface area contributed by atoms with Crippen LogP contribution in [0.3, 0.4) is 0 Å². The number of rotatable bonds is 5. The second kappa shape index (κ2) is 7.20. The molecule has 0 aromatic carbocycles. The van der Waals surface area contributed by atoms with Gasteiger partial charge in [-0.1, -0.05) is 32.6 Å². The van der Waals surface area contributed by atoms with E-state index in [1.54, 1.807) is 0 Å². The number of piperazine rings is 1. The Morgan fingerprint density at radius 3 is 2.14 bits per heavy atom. The lowest BCUT2D eigenvalue weighted by Gasteiger charge is -2.47. The van der Waals surface area contributed by atoms with E-state index in [0.29, 0.717) is 5.54 Å². The van der Waals surface area contributed by atoms with Crippen LogP contribution in [0.25, 0.3) is 0 Å². The van der Waals surface area contributed by atoms with Crippen LogP contribution < -0.4 is 0 Å². The van der Waals surface area contributed by atoms with E-state index in [4.69, 9.17) is 0 Å². The lowest BCUT2D eigenvalue weighted by Crippen LogP contribution is -2.57. The first-order chi connectivity index (χ1) is 10.2. The maximum Gasteiger partial charge on any atom is 0.128 e. The predicted octanol–water partition coefficient (Wildman–Crippen LogP) is 3.18. The van der Waals surface area contributed by atoms with E-state index in [0.717, 1.165) is 37.8 Å². The number of hydrogen-bond donors (Lipinski definition) is 0. The van der Waals surface area contributed by atoms with Gasteiger partial charge in [0, 0.05) is 35.9 Å². The highest BCUT2D eigenvalue weighted by Crippen LogP contribution is 2.36. The summed E-state index contributed by atoms with van der Waals surface area (Å²) in [5.74, 6) is 1.70. The van der Waals surface area contributed by atoms with Crippen LogP contribution in [0.4, 0.5) is 0 Å². The van der Waals surface area contributed by atoms with E-state index in [2.05, 4.69) is 16.1 Å². The van der Waals surface area contributed by atoms with Crippen LogP contribution in [0.15, 0.2) is 0 Å². The summed E-state index contributed by atoms with van der Waals surface area (Å²) in [6.07, 6.45) is 12.3. The smallest absolute Gasteiger partial charge is 0.128 e. The molecule has 21 heavy (non-hydrogen) atoms. The van der Waals surface area contributed by atoms with Crippen molar-refractivity contribution in [3.63, 3.8) is 0 Å². The topological polar surface area (TPSA) is 29.5 Å². The van der Waals surface area contributed by atoms with Crippen molar-refractivity contribution in [3.05, 3.63) is 0 Å². The molecule has 0 radical (unpaired) electrons. The van der Waals surface area contributed by atoms with Crippen molar-refractivity contribution in [2.45, 2.75) is 70.3 Å². The average Bonchev–Trinajstić information content (AvgIpc) is 3.34. The monoisotopic (exact) mass is 312 g/mol. The first-order valence-corrected chi connectivity index (χ1v) is 10.4. The van der Waals surface area contributed by atoms with Crippen LogP contribution in [0.1, 0.15) is 64.7 Å². The SMILES string of the molecule is CCC1(N2CCN([S+]([O-])CC3CC3)CC2)CCCCCC1. The van der Waals surface area contributed by atoms with Crippen molar-refractivity contribution in [1.29, 1.82) is 0 Å². The van der Waals surface area contributed by atoms with Crippen LogP contribution in [-0.2, 0) is 11.4 Å². The molecule has 3 aliphatic rings. The van der Waals surface area contributed by atoms with Crippen molar-refractivity contribution in [2.75, 3.05) is 31.9 Å². The van der Waals surface area contributed by atoms with Gasteiger partial charge in [0.15, 0.2) is 0 Å². The molecule has 0 N–H and O–H groups in total. The molecule has 0 bridgehead atoms. The third kappa shape index (κ3) is 3.95. The Morgan fingerprint density at radius 1 is 1.00 bits per heavy atom. The molecular weight excluding hydrogens is 280 g/mol. The minimum atomic E-state index is -0.706. The molecule has 1 aliphatic heterocycles. The first kappa shape index (κ1) is 16.1. The van der Waals surface area contributed by atoms with Crippen LogP contribution >= 0.6 is 0 Å². The van der Waals surface area contributed by atoms with E-state index >= 15 is 0 Å². The fraction of sp³-hybridized carbons (Fsp3) is 1.00. The third-order valence-electron chi connectivity index (χ3n) is 5.97.